The lowest BCUT2D eigenvalue weighted by Gasteiger charge is -2.18. The Labute approximate surface area is 112 Å². The monoisotopic (exact) mass is 265 g/mol. The molecule has 1 aliphatic rings. The van der Waals surface area contributed by atoms with Gasteiger partial charge < -0.3 is 14.7 Å². The van der Waals surface area contributed by atoms with Crippen LogP contribution >= 0.6 is 0 Å². The number of ether oxygens (including phenoxy) is 1. The van der Waals surface area contributed by atoms with Crippen LogP contribution in [-0.4, -0.2) is 40.7 Å². The van der Waals surface area contributed by atoms with Gasteiger partial charge in [-0.2, -0.15) is 4.98 Å². The molecule has 6 heteroatoms. The molecule has 1 aliphatic heterocycles. The molecule has 1 aromatic rings. The summed E-state index contributed by atoms with van der Waals surface area (Å²) < 4.78 is 5.26. The first-order valence-electron chi connectivity index (χ1n) is 6.59. The molecule has 0 aromatic carbocycles. The Morgan fingerprint density at radius 2 is 2.05 bits per heavy atom. The molecule has 0 amide bonds. The molecule has 2 rings (SSSR count). The first-order valence-corrected chi connectivity index (χ1v) is 6.59. The van der Waals surface area contributed by atoms with Crippen LogP contribution in [0.15, 0.2) is 0 Å². The Morgan fingerprint density at radius 1 is 1.37 bits per heavy atom. The van der Waals surface area contributed by atoms with Crippen LogP contribution in [0.1, 0.15) is 31.0 Å². The van der Waals surface area contributed by atoms with E-state index in [-0.39, 0.29) is 6.61 Å². The van der Waals surface area contributed by atoms with Crippen LogP contribution < -0.4 is 9.64 Å². The topological polar surface area (TPSA) is 75.5 Å². The molecule has 1 aromatic heterocycles. The van der Waals surface area contributed by atoms with Gasteiger partial charge in [-0.1, -0.05) is 6.92 Å². The van der Waals surface area contributed by atoms with E-state index >= 15 is 0 Å². The number of aliphatic carboxylic acids is 1. The lowest BCUT2D eigenvalue weighted by Crippen LogP contribution is -2.22. The highest BCUT2D eigenvalue weighted by Crippen LogP contribution is 2.24. The molecule has 0 spiro atoms. The smallest absolute Gasteiger partial charge is 0.341 e. The Morgan fingerprint density at radius 3 is 2.63 bits per heavy atom. The van der Waals surface area contributed by atoms with Gasteiger partial charge in [0.1, 0.15) is 0 Å². The number of carbonyl (C=O) groups is 1. The number of aryl methyl sites for hydroxylation is 1. The highest BCUT2D eigenvalue weighted by atomic mass is 16.5. The Hall–Kier alpha value is -1.85. The van der Waals surface area contributed by atoms with Crippen molar-refractivity contribution in [2.24, 2.45) is 0 Å². The molecule has 0 radical (unpaired) electrons. The minimum Gasteiger partial charge on any atom is -0.479 e. The Kier molecular flexibility index (Phi) is 4.19. The molecule has 0 atom stereocenters. The summed E-state index contributed by atoms with van der Waals surface area (Å²) in [5.41, 5.74) is 1.74. The van der Waals surface area contributed by atoms with Crippen molar-refractivity contribution in [3.05, 3.63) is 11.3 Å². The largest absolute Gasteiger partial charge is 0.479 e. The molecule has 19 heavy (non-hydrogen) atoms. The summed E-state index contributed by atoms with van der Waals surface area (Å²) in [6.07, 6.45) is 3.06. The van der Waals surface area contributed by atoms with Crippen LogP contribution in [0, 0.1) is 6.92 Å². The van der Waals surface area contributed by atoms with Crippen molar-refractivity contribution in [2.75, 3.05) is 24.6 Å². The number of nitrogens with zero attached hydrogens (tertiary/aromatic N) is 3. The second-order valence-electron chi connectivity index (χ2n) is 4.63. The van der Waals surface area contributed by atoms with Crippen molar-refractivity contribution in [1.82, 2.24) is 9.97 Å². The first kappa shape index (κ1) is 13.6. The van der Waals surface area contributed by atoms with Crippen LogP contribution in [-0.2, 0) is 11.2 Å². The standard InChI is InChI=1S/C13H19N3O3/c1-3-10-9(2)12(19-8-11(17)18)15-13(14-10)16-6-4-5-7-16/h3-8H2,1-2H3,(H,17,18). The fraction of sp³-hybridized carbons (Fsp3) is 0.615. The zero-order valence-electron chi connectivity index (χ0n) is 11.3. The summed E-state index contributed by atoms with van der Waals surface area (Å²) in [5, 5.41) is 8.69. The maximum atomic E-state index is 10.6. The molecule has 0 unspecified atom stereocenters. The summed E-state index contributed by atoms with van der Waals surface area (Å²) in [6, 6.07) is 0. The van der Waals surface area contributed by atoms with Gasteiger partial charge in [0, 0.05) is 18.7 Å². The van der Waals surface area contributed by atoms with E-state index in [0.29, 0.717) is 11.8 Å². The average Bonchev–Trinajstić information content (AvgIpc) is 2.91. The predicted octanol–water partition coefficient (Wildman–Crippen LogP) is 1.41. The zero-order chi connectivity index (χ0) is 13.8. The molecule has 2 heterocycles. The van der Waals surface area contributed by atoms with Gasteiger partial charge in [-0.25, -0.2) is 9.78 Å². The number of anilines is 1. The lowest BCUT2D eigenvalue weighted by molar-refractivity contribution is -0.139. The second kappa shape index (κ2) is 5.86. The molecule has 104 valence electrons. The van der Waals surface area contributed by atoms with E-state index in [1.54, 1.807) is 0 Å². The van der Waals surface area contributed by atoms with E-state index in [2.05, 4.69) is 14.9 Å². The maximum Gasteiger partial charge on any atom is 0.341 e. The van der Waals surface area contributed by atoms with Crippen molar-refractivity contribution < 1.29 is 14.6 Å². The van der Waals surface area contributed by atoms with E-state index < -0.39 is 5.97 Å². The van der Waals surface area contributed by atoms with Gasteiger partial charge in [-0.15, -0.1) is 0 Å². The van der Waals surface area contributed by atoms with E-state index in [4.69, 9.17) is 9.84 Å². The second-order valence-corrected chi connectivity index (χ2v) is 4.63. The van der Waals surface area contributed by atoms with Crippen LogP contribution in [0.25, 0.3) is 0 Å². The minimum absolute atomic E-state index is 0.375. The highest BCUT2D eigenvalue weighted by Gasteiger charge is 2.19. The summed E-state index contributed by atoms with van der Waals surface area (Å²) in [7, 11) is 0. The van der Waals surface area contributed by atoms with Gasteiger partial charge in [0.05, 0.1) is 5.69 Å². The zero-order valence-corrected chi connectivity index (χ0v) is 11.3. The van der Waals surface area contributed by atoms with Crippen LogP contribution in [0.4, 0.5) is 5.95 Å². The highest BCUT2D eigenvalue weighted by molar-refractivity contribution is 5.68. The van der Waals surface area contributed by atoms with E-state index in [1.165, 1.54) is 0 Å². The molecule has 0 bridgehead atoms. The molecule has 1 fully saturated rings. The van der Waals surface area contributed by atoms with Gasteiger partial charge >= 0.3 is 5.97 Å². The molecular formula is C13H19N3O3. The summed E-state index contributed by atoms with van der Waals surface area (Å²) in [6.45, 7) is 5.41. The molecule has 0 aliphatic carbocycles. The van der Waals surface area contributed by atoms with Gasteiger partial charge in [0.2, 0.25) is 11.8 Å². The van der Waals surface area contributed by atoms with Gasteiger partial charge in [0.25, 0.3) is 0 Å². The first-order chi connectivity index (χ1) is 9.11. The number of hydrogen-bond donors (Lipinski definition) is 1. The number of carboxylic acid groups (broad SMARTS) is 1. The molecule has 1 N–H and O–H groups in total. The van der Waals surface area contributed by atoms with E-state index in [1.807, 2.05) is 13.8 Å². The van der Waals surface area contributed by atoms with Gasteiger partial charge in [0.15, 0.2) is 6.61 Å². The summed E-state index contributed by atoms with van der Waals surface area (Å²) >= 11 is 0. The molecular weight excluding hydrogens is 246 g/mol. The third kappa shape index (κ3) is 3.13. The third-order valence-electron chi connectivity index (χ3n) is 3.25. The fourth-order valence-corrected chi connectivity index (χ4v) is 2.20. The van der Waals surface area contributed by atoms with Crippen molar-refractivity contribution in [2.45, 2.75) is 33.1 Å². The van der Waals surface area contributed by atoms with Gasteiger partial charge in [-0.3, -0.25) is 0 Å². The minimum atomic E-state index is -1.00. The van der Waals surface area contributed by atoms with Crippen LogP contribution in [0.2, 0.25) is 0 Å². The van der Waals surface area contributed by atoms with Gasteiger partial charge in [-0.05, 0) is 26.2 Å². The molecule has 6 nitrogen and oxygen atoms in total. The van der Waals surface area contributed by atoms with E-state index in [0.717, 1.165) is 43.6 Å². The number of rotatable bonds is 5. The third-order valence-corrected chi connectivity index (χ3v) is 3.25. The molecule has 1 saturated heterocycles. The molecule has 0 saturated carbocycles. The van der Waals surface area contributed by atoms with Crippen molar-refractivity contribution in [1.29, 1.82) is 0 Å². The van der Waals surface area contributed by atoms with Crippen molar-refractivity contribution in [3.63, 3.8) is 0 Å². The summed E-state index contributed by atoms with van der Waals surface area (Å²) in [5.74, 6) is 0.0373. The number of carboxylic acids is 1. The number of hydrogen-bond acceptors (Lipinski definition) is 5. The van der Waals surface area contributed by atoms with Crippen LogP contribution in [0.3, 0.4) is 0 Å². The SMILES string of the molecule is CCc1nc(N2CCCC2)nc(OCC(=O)O)c1C. The van der Waals surface area contributed by atoms with Crippen molar-refractivity contribution >= 4 is 11.9 Å². The maximum absolute atomic E-state index is 10.6. The Bertz CT molecular complexity index is 470. The fourth-order valence-electron chi connectivity index (χ4n) is 2.20. The quantitative estimate of drug-likeness (QED) is 0.867. The van der Waals surface area contributed by atoms with Crippen molar-refractivity contribution in [3.8, 4) is 5.88 Å². The average molecular weight is 265 g/mol. The predicted molar refractivity (Wildman–Crippen MR) is 70.7 cm³/mol. The normalized spacial score (nSPS) is 14.7. The van der Waals surface area contributed by atoms with Crippen LogP contribution in [0.5, 0.6) is 5.88 Å². The van der Waals surface area contributed by atoms with E-state index in [9.17, 15) is 4.79 Å². The summed E-state index contributed by atoms with van der Waals surface area (Å²) in [4.78, 5) is 21.6. The lowest BCUT2D eigenvalue weighted by atomic mass is 10.2. The Balaban J connectivity index is 2.28. The number of aromatic nitrogens is 2.